The minimum Gasteiger partial charge on any atom is -0.459 e. The van der Waals surface area contributed by atoms with Crippen molar-refractivity contribution in [3.8, 4) is 11.3 Å². The van der Waals surface area contributed by atoms with E-state index >= 15 is 0 Å². The van der Waals surface area contributed by atoms with Crippen molar-refractivity contribution in [1.82, 2.24) is 10.3 Å². The van der Waals surface area contributed by atoms with Gasteiger partial charge in [0.15, 0.2) is 5.11 Å². The third-order valence-corrected chi connectivity index (χ3v) is 6.30. The molecule has 2 aromatic heterocycles. The van der Waals surface area contributed by atoms with Crippen LogP contribution in [0.4, 0.5) is 5.69 Å². The average Bonchev–Trinajstić information content (AvgIpc) is 3.40. The minimum atomic E-state index is -0.158. The summed E-state index contributed by atoms with van der Waals surface area (Å²) in [6.45, 7) is 2.08. The first-order chi connectivity index (χ1) is 15.1. The molecule has 0 unspecified atom stereocenters. The molecule has 0 spiro atoms. The van der Waals surface area contributed by atoms with Crippen LogP contribution in [0.3, 0.4) is 0 Å². The molecule has 3 heterocycles. The monoisotopic (exact) mass is 489 g/mol. The van der Waals surface area contributed by atoms with Crippen LogP contribution < -0.4 is 10.2 Å². The first-order valence-corrected chi connectivity index (χ1v) is 11.2. The van der Waals surface area contributed by atoms with Crippen molar-refractivity contribution in [2.75, 3.05) is 4.90 Å². The van der Waals surface area contributed by atoms with Gasteiger partial charge in [0.05, 0.1) is 11.7 Å². The molecule has 4 aromatic rings. The van der Waals surface area contributed by atoms with Gasteiger partial charge in [-0.1, -0.05) is 51.8 Å². The highest BCUT2D eigenvalue weighted by molar-refractivity contribution is 9.10. The summed E-state index contributed by atoms with van der Waals surface area (Å²) < 4.78 is 7.42. The van der Waals surface area contributed by atoms with E-state index in [1.54, 1.807) is 6.20 Å². The Morgan fingerprint density at radius 1 is 0.968 bits per heavy atom. The van der Waals surface area contributed by atoms with Crippen molar-refractivity contribution in [3.05, 3.63) is 107 Å². The van der Waals surface area contributed by atoms with Crippen molar-refractivity contribution < 1.29 is 4.42 Å². The Kier molecular flexibility index (Phi) is 5.34. The zero-order valence-electron chi connectivity index (χ0n) is 16.8. The van der Waals surface area contributed by atoms with Gasteiger partial charge in [0.2, 0.25) is 0 Å². The van der Waals surface area contributed by atoms with Crippen molar-refractivity contribution in [3.63, 3.8) is 0 Å². The van der Waals surface area contributed by atoms with Crippen LogP contribution in [-0.4, -0.2) is 10.1 Å². The number of hydrogen-bond donors (Lipinski definition) is 1. The molecule has 31 heavy (non-hydrogen) atoms. The lowest BCUT2D eigenvalue weighted by Gasteiger charge is -2.26. The van der Waals surface area contributed by atoms with Crippen molar-refractivity contribution in [2.24, 2.45) is 0 Å². The Hall–Kier alpha value is -2.96. The number of thiocarbonyl (C=S) groups is 1. The second-order valence-electron chi connectivity index (χ2n) is 7.54. The van der Waals surface area contributed by atoms with Crippen molar-refractivity contribution in [1.29, 1.82) is 0 Å². The Morgan fingerprint density at radius 3 is 2.45 bits per heavy atom. The van der Waals surface area contributed by atoms with E-state index in [9.17, 15) is 0 Å². The standard InChI is InChI=1S/C25H20BrN3OS/c1-16-5-11-19(12-6-16)29-24(23(28-25(29)31)20-4-2-3-15-27-20)22-14-13-21(30-22)17-7-9-18(26)10-8-17/h2-15,23-24H,1H3,(H,28,31)/t23-,24+/m1/s1. The summed E-state index contributed by atoms with van der Waals surface area (Å²) in [7, 11) is 0. The number of benzene rings is 2. The minimum absolute atomic E-state index is 0.126. The fourth-order valence-corrected chi connectivity index (χ4v) is 4.52. The van der Waals surface area contributed by atoms with Crippen LogP contribution >= 0.6 is 28.1 Å². The van der Waals surface area contributed by atoms with Gasteiger partial charge in [-0.3, -0.25) is 4.98 Å². The Labute approximate surface area is 195 Å². The number of halogens is 1. The Balaban J connectivity index is 1.59. The molecule has 1 saturated heterocycles. The van der Waals surface area contributed by atoms with Gasteiger partial charge in [0.25, 0.3) is 0 Å². The van der Waals surface area contributed by atoms with Gasteiger partial charge in [-0.15, -0.1) is 0 Å². The summed E-state index contributed by atoms with van der Waals surface area (Å²) in [4.78, 5) is 6.72. The van der Waals surface area contributed by atoms with Gasteiger partial charge in [0, 0.05) is 21.9 Å². The van der Waals surface area contributed by atoms with Gasteiger partial charge in [-0.25, -0.2) is 0 Å². The Bertz CT molecular complexity index is 1210. The second-order valence-corrected chi connectivity index (χ2v) is 8.84. The topological polar surface area (TPSA) is 41.3 Å². The molecule has 1 fully saturated rings. The molecule has 1 aliphatic heterocycles. The van der Waals surface area contributed by atoms with E-state index in [0.717, 1.165) is 32.9 Å². The first kappa shape index (κ1) is 20.0. The number of furan rings is 1. The van der Waals surface area contributed by atoms with Crippen LogP contribution in [0.25, 0.3) is 11.3 Å². The molecular formula is C25H20BrN3OS. The van der Waals surface area contributed by atoms with E-state index in [-0.39, 0.29) is 12.1 Å². The highest BCUT2D eigenvalue weighted by atomic mass is 79.9. The van der Waals surface area contributed by atoms with Gasteiger partial charge in [-0.05, 0) is 67.7 Å². The van der Waals surface area contributed by atoms with E-state index in [1.165, 1.54) is 5.56 Å². The number of hydrogen-bond acceptors (Lipinski definition) is 3. The van der Waals surface area contributed by atoms with Crippen molar-refractivity contribution >= 4 is 38.9 Å². The van der Waals surface area contributed by atoms with Crippen LogP contribution in [0, 0.1) is 6.92 Å². The number of nitrogens with zero attached hydrogens (tertiary/aromatic N) is 2. The summed E-state index contributed by atoms with van der Waals surface area (Å²) in [5.74, 6) is 1.66. The van der Waals surface area contributed by atoms with Crippen LogP contribution in [-0.2, 0) is 0 Å². The highest BCUT2D eigenvalue weighted by Gasteiger charge is 2.42. The number of aryl methyl sites for hydroxylation is 1. The summed E-state index contributed by atoms with van der Waals surface area (Å²) in [6.07, 6.45) is 1.81. The highest BCUT2D eigenvalue weighted by Crippen LogP contribution is 2.42. The number of aromatic nitrogens is 1. The van der Waals surface area contributed by atoms with E-state index < -0.39 is 0 Å². The van der Waals surface area contributed by atoms with E-state index in [1.807, 2.05) is 54.6 Å². The summed E-state index contributed by atoms with van der Waals surface area (Å²) in [5, 5.41) is 4.13. The summed E-state index contributed by atoms with van der Waals surface area (Å²) in [6, 6.07) is 26.2. The maximum Gasteiger partial charge on any atom is 0.174 e. The van der Waals surface area contributed by atoms with Crippen LogP contribution in [0.1, 0.15) is 29.1 Å². The molecule has 0 bridgehead atoms. The molecule has 154 valence electrons. The number of nitrogens with one attached hydrogen (secondary N) is 1. The normalized spacial score (nSPS) is 18.3. The maximum atomic E-state index is 6.38. The molecule has 2 atom stereocenters. The fourth-order valence-electron chi connectivity index (χ4n) is 3.91. The van der Waals surface area contributed by atoms with E-state index in [0.29, 0.717) is 5.11 Å². The van der Waals surface area contributed by atoms with Gasteiger partial charge >= 0.3 is 0 Å². The zero-order valence-corrected chi connectivity index (χ0v) is 19.2. The molecule has 0 saturated carbocycles. The largest absolute Gasteiger partial charge is 0.459 e. The number of anilines is 1. The van der Waals surface area contributed by atoms with Gasteiger partial charge in [-0.2, -0.15) is 0 Å². The van der Waals surface area contributed by atoms with Gasteiger partial charge in [0.1, 0.15) is 17.6 Å². The molecule has 1 N–H and O–H groups in total. The van der Waals surface area contributed by atoms with Gasteiger partial charge < -0.3 is 14.6 Å². The fraction of sp³-hybridized carbons (Fsp3) is 0.120. The predicted octanol–water partition coefficient (Wildman–Crippen LogP) is 6.59. The lowest BCUT2D eigenvalue weighted by atomic mass is 10.0. The maximum absolute atomic E-state index is 6.38. The molecule has 4 nitrogen and oxygen atoms in total. The quantitative estimate of drug-likeness (QED) is 0.327. The third-order valence-electron chi connectivity index (χ3n) is 5.46. The molecule has 6 heteroatoms. The summed E-state index contributed by atoms with van der Waals surface area (Å²) >= 11 is 9.25. The molecule has 0 amide bonds. The molecule has 0 radical (unpaired) electrons. The Morgan fingerprint density at radius 2 is 1.74 bits per heavy atom. The molecule has 5 rings (SSSR count). The van der Waals surface area contributed by atoms with E-state index in [4.69, 9.17) is 16.6 Å². The van der Waals surface area contributed by atoms with Crippen LogP contribution in [0.5, 0.6) is 0 Å². The lowest BCUT2D eigenvalue weighted by molar-refractivity contribution is 0.439. The lowest BCUT2D eigenvalue weighted by Crippen LogP contribution is -2.29. The first-order valence-electron chi connectivity index (χ1n) is 10.0. The molecule has 2 aromatic carbocycles. The number of pyridine rings is 1. The summed E-state index contributed by atoms with van der Waals surface area (Å²) in [5.41, 5.74) is 4.17. The zero-order chi connectivity index (χ0) is 21.4. The SMILES string of the molecule is Cc1ccc(N2C(=S)N[C@H](c3ccccn3)[C@@H]2c2ccc(-c3ccc(Br)cc3)o2)cc1. The predicted molar refractivity (Wildman–Crippen MR) is 131 cm³/mol. The van der Waals surface area contributed by atoms with Crippen LogP contribution in [0.15, 0.2) is 93.9 Å². The average molecular weight is 490 g/mol. The molecule has 0 aliphatic carbocycles. The molecule has 1 aliphatic rings. The van der Waals surface area contributed by atoms with E-state index in [2.05, 4.69) is 62.3 Å². The third kappa shape index (κ3) is 3.89. The van der Waals surface area contributed by atoms with Crippen molar-refractivity contribution in [2.45, 2.75) is 19.0 Å². The second kappa shape index (κ2) is 8.29. The molecular weight excluding hydrogens is 470 g/mol. The van der Waals surface area contributed by atoms with Crippen LogP contribution in [0.2, 0.25) is 0 Å². The smallest absolute Gasteiger partial charge is 0.174 e. The number of rotatable bonds is 4.